The summed E-state index contributed by atoms with van der Waals surface area (Å²) in [5.74, 6) is -0.196. The number of hydrogen-bond donors (Lipinski definition) is 1. The zero-order valence-electron chi connectivity index (χ0n) is 13.2. The summed E-state index contributed by atoms with van der Waals surface area (Å²) in [5.41, 5.74) is 2.90. The SMILES string of the molecule is CC(=O)c1cccc(-c2nc(C(=O)NCc3ccccc3)cs2)c1. The third-order valence-electron chi connectivity index (χ3n) is 3.55. The first kappa shape index (κ1) is 16.1. The molecule has 0 saturated carbocycles. The molecule has 0 atom stereocenters. The molecule has 0 fully saturated rings. The van der Waals surface area contributed by atoms with Gasteiger partial charge in [-0.1, -0.05) is 48.5 Å². The van der Waals surface area contributed by atoms with Gasteiger partial charge in [-0.3, -0.25) is 9.59 Å². The number of benzene rings is 2. The lowest BCUT2D eigenvalue weighted by molar-refractivity contribution is 0.0945. The van der Waals surface area contributed by atoms with Gasteiger partial charge in [0.1, 0.15) is 10.7 Å². The number of carbonyl (C=O) groups excluding carboxylic acids is 2. The number of amides is 1. The number of hydrogen-bond acceptors (Lipinski definition) is 4. The molecule has 1 N–H and O–H groups in total. The van der Waals surface area contributed by atoms with Crippen molar-refractivity contribution in [1.82, 2.24) is 10.3 Å². The Labute approximate surface area is 144 Å². The van der Waals surface area contributed by atoms with Gasteiger partial charge in [0, 0.05) is 23.1 Å². The van der Waals surface area contributed by atoms with Crippen LogP contribution in [0.15, 0.2) is 60.0 Å². The highest BCUT2D eigenvalue weighted by molar-refractivity contribution is 7.13. The first-order chi connectivity index (χ1) is 11.6. The van der Waals surface area contributed by atoms with E-state index in [1.54, 1.807) is 17.5 Å². The summed E-state index contributed by atoms with van der Waals surface area (Å²) in [7, 11) is 0. The van der Waals surface area contributed by atoms with Crippen LogP contribution in [0.1, 0.15) is 33.3 Å². The summed E-state index contributed by atoms with van der Waals surface area (Å²) in [6.07, 6.45) is 0. The largest absolute Gasteiger partial charge is 0.347 e. The summed E-state index contributed by atoms with van der Waals surface area (Å²) in [4.78, 5) is 28.1. The third-order valence-corrected chi connectivity index (χ3v) is 4.44. The summed E-state index contributed by atoms with van der Waals surface area (Å²) in [6.45, 7) is 2.00. The molecule has 0 bridgehead atoms. The van der Waals surface area contributed by atoms with Gasteiger partial charge in [-0.25, -0.2) is 4.98 Å². The van der Waals surface area contributed by atoms with Crippen LogP contribution in [-0.2, 0) is 6.54 Å². The Kier molecular flexibility index (Phi) is 4.82. The molecule has 0 saturated heterocycles. The molecule has 1 amide bonds. The molecule has 0 aliphatic carbocycles. The zero-order valence-corrected chi connectivity index (χ0v) is 14.0. The molecule has 1 aromatic heterocycles. The number of thiazole rings is 1. The number of nitrogens with one attached hydrogen (secondary N) is 1. The molecule has 24 heavy (non-hydrogen) atoms. The molecule has 0 aliphatic heterocycles. The van der Waals surface area contributed by atoms with Crippen molar-refractivity contribution >= 4 is 23.0 Å². The topological polar surface area (TPSA) is 59.1 Å². The summed E-state index contributed by atoms with van der Waals surface area (Å²) >= 11 is 1.39. The van der Waals surface area contributed by atoms with Crippen molar-refractivity contribution in [3.8, 4) is 10.6 Å². The number of nitrogens with zero attached hydrogens (tertiary/aromatic N) is 1. The lowest BCUT2D eigenvalue weighted by Crippen LogP contribution is -2.23. The fourth-order valence-electron chi connectivity index (χ4n) is 2.25. The van der Waals surface area contributed by atoms with E-state index in [4.69, 9.17) is 0 Å². The van der Waals surface area contributed by atoms with Crippen LogP contribution in [0, 0.1) is 0 Å². The minimum absolute atomic E-state index is 0.00855. The second-order valence-corrected chi connectivity index (χ2v) is 6.20. The molecule has 0 spiro atoms. The Bertz CT molecular complexity index is 872. The molecule has 0 radical (unpaired) electrons. The molecular formula is C19H16N2O2S. The maximum Gasteiger partial charge on any atom is 0.271 e. The van der Waals surface area contributed by atoms with E-state index in [1.165, 1.54) is 18.3 Å². The smallest absolute Gasteiger partial charge is 0.271 e. The number of Topliss-reactive ketones (excluding diaryl/α,β-unsaturated/α-hetero) is 1. The Morgan fingerprint density at radius 2 is 1.88 bits per heavy atom. The Morgan fingerprint density at radius 3 is 2.62 bits per heavy atom. The van der Waals surface area contributed by atoms with Crippen LogP contribution in [0.4, 0.5) is 0 Å². The molecule has 4 nitrogen and oxygen atoms in total. The van der Waals surface area contributed by atoms with Crippen molar-refractivity contribution in [2.24, 2.45) is 0 Å². The van der Waals surface area contributed by atoms with Crippen LogP contribution >= 0.6 is 11.3 Å². The fourth-order valence-corrected chi connectivity index (χ4v) is 3.05. The van der Waals surface area contributed by atoms with E-state index in [0.717, 1.165) is 16.1 Å². The van der Waals surface area contributed by atoms with E-state index in [9.17, 15) is 9.59 Å². The maximum absolute atomic E-state index is 12.2. The van der Waals surface area contributed by atoms with Crippen LogP contribution in [0.2, 0.25) is 0 Å². The van der Waals surface area contributed by atoms with Crippen LogP contribution in [0.5, 0.6) is 0 Å². The van der Waals surface area contributed by atoms with Crippen molar-refractivity contribution in [2.75, 3.05) is 0 Å². The normalized spacial score (nSPS) is 10.4. The second-order valence-electron chi connectivity index (χ2n) is 5.34. The molecule has 0 unspecified atom stereocenters. The van der Waals surface area contributed by atoms with Gasteiger partial charge < -0.3 is 5.32 Å². The molecular weight excluding hydrogens is 320 g/mol. The lowest BCUT2D eigenvalue weighted by atomic mass is 10.1. The highest BCUT2D eigenvalue weighted by atomic mass is 32.1. The van der Waals surface area contributed by atoms with Crippen molar-refractivity contribution in [1.29, 1.82) is 0 Å². The molecule has 120 valence electrons. The van der Waals surface area contributed by atoms with Gasteiger partial charge in [-0.15, -0.1) is 11.3 Å². The van der Waals surface area contributed by atoms with Crippen molar-refractivity contribution < 1.29 is 9.59 Å². The fraction of sp³-hybridized carbons (Fsp3) is 0.105. The second kappa shape index (κ2) is 7.19. The van der Waals surface area contributed by atoms with E-state index in [-0.39, 0.29) is 11.7 Å². The van der Waals surface area contributed by atoms with Gasteiger partial charge in [-0.2, -0.15) is 0 Å². The van der Waals surface area contributed by atoms with E-state index in [0.29, 0.717) is 17.8 Å². The first-order valence-electron chi connectivity index (χ1n) is 7.52. The number of carbonyl (C=O) groups is 2. The van der Waals surface area contributed by atoms with Gasteiger partial charge in [0.15, 0.2) is 5.78 Å². The molecule has 3 rings (SSSR count). The van der Waals surface area contributed by atoms with E-state index >= 15 is 0 Å². The monoisotopic (exact) mass is 336 g/mol. The highest BCUT2D eigenvalue weighted by Crippen LogP contribution is 2.24. The third kappa shape index (κ3) is 3.75. The molecule has 0 aliphatic rings. The minimum atomic E-state index is -0.205. The molecule has 2 aromatic carbocycles. The number of rotatable bonds is 5. The number of aromatic nitrogens is 1. The van der Waals surface area contributed by atoms with E-state index < -0.39 is 0 Å². The predicted octanol–water partition coefficient (Wildman–Crippen LogP) is 3.94. The van der Waals surface area contributed by atoms with Gasteiger partial charge in [-0.05, 0) is 18.6 Å². The zero-order chi connectivity index (χ0) is 16.9. The number of ketones is 1. The van der Waals surface area contributed by atoms with Crippen LogP contribution in [-0.4, -0.2) is 16.7 Å². The maximum atomic E-state index is 12.2. The van der Waals surface area contributed by atoms with Crippen molar-refractivity contribution in [2.45, 2.75) is 13.5 Å². The van der Waals surface area contributed by atoms with E-state index in [2.05, 4.69) is 10.3 Å². The van der Waals surface area contributed by atoms with Gasteiger partial charge in [0.2, 0.25) is 0 Å². The van der Waals surface area contributed by atoms with E-state index in [1.807, 2.05) is 42.5 Å². The first-order valence-corrected chi connectivity index (χ1v) is 8.40. The molecule has 1 heterocycles. The van der Waals surface area contributed by atoms with Crippen LogP contribution in [0.3, 0.4) is 0 Å². The van der Waals surface area contributed by atoms with Gasteiger partial charge >= 0.3 is 0 Å². The standard InChI is InChI=1S/C19H16N2O2S/c1-13(22)15-8-5-9-16(10-15)19-21-17(12-24-19)18(23)20-11-14-6-3-2-4-7-14/h2-10,12H,11H2,1H3,(H,20,23). The minimum Gasteiger partial charge on any atom is -0.347 e. The Morgan fingerprint density at radius 1 is 1.08 bits per heavy atom. The lowest BCUT2D eigenvalue weighted by Gasteiger charge is -2.03. The summed E-state index contributed by atoms with van der Waals surface area (Å²) in [6, 6.07) is 17.0. The Hall–Kier alpha value is -2.79. The van der Waals surface area contributed by atoms with Crippen LogP contribution in [0.25, 0.3) is 10.6 Å². The van der Waals surface area contributed by atoms with Crippen molar-refractivity contribution in [3.63, 3.8) is 0 Å². The van der Waals surface area contributed by atoms with Gasteiger partial charge in [0.25, 0.3) is 5.91 Å². The predicted molar refractivity (Wildman–Crippen MR) is 95.2 cm³/mol. The quantitative estimate of drug-likeness (QED) is 0.718. The van der Waals surface area contributed by atoms with Gasteiger partial charge in [0.05, 0.1) is 0 Å². The molecule has 5 heteroatoms. The van der Waals surface area contributed by atoms with Crippen molar-refractivity contribution in [3.05, 3.63) is 76.8 Å². The average molecular weight is 336 g/mol. The molecule has 3 aromatic rings. The average Bonchev–Trinajstić information content (AvgIpc) is 3.11. The Balaban J connectivity index is 1.72. The summed E-state index contributed by atoms with van der Waals surface area (Å²) in [5, 5.41) is 5.32. The summed E-state index contributed by atoms with van der Waals surface area (Å²) < 4.78 is 0. The highest BCUT2D eigenvalue weighted by Gasteiger charge is 2.12. The van der Waals surface area contributed by atoms with Crippen LogP contribution < -0.4 is 5.32 Å².